The van der Waals surface area contributed by atoms with E-state index in [9.17, 15) is 4.79 Å². The van der Waals surface area contributed by atoms with E-state index < -0.39 is 0 Å². The van der Waals surface area contributed by atoms with Crippen molar-refractivity contribution in [1.82, 2.24) is 5.32 Å². The smallest absolute Gasteiger partial charge is 0.233 e. The molecule has 0 atom stereocenters. The molecule has 2 aromatic rings. The summed E-state index contributed by atoms with van der Waals surface area (Å²) < 4.78 is 0. The Labute approximate surface area is 88.6 Å². The van der Waals surface area contributed by atoms with Gasteiger partial charge >= 0.3 is 0 Å². The first-order valence-electron chi connectivity index (χ1n) is 4.70. The molecule has 2 aromatic carbocycles. The first-order valence-corrected chi connectivity index (χ1v) is 4.70. The number of hydrogen-bond acceptors (Lipinski definition) is 1. The third kappa shape index (κ3) is 2.23. The second-order valence-electron chi connectivity index (χ2n) is 3.15. The maximum Gasteiger partial charge on any atom is 0.233 e. The average Bonchev–Trinajstić information content (AvgIpc) is 2.32. The van der Waals surface area contributed by atoms with Crippen molar-refractivity contribution in [1.29, 1.82) is 0 Å². The molecule has 0 unspecified atom stereocenters. The van der Waals surface area contributed by atoms with Crippen LogP contribution in [-0.4, -0.2) is 6.41 Å². The molecule has 1 radical (unpaired) electrons. The Hall–Kier alpha value is -2.09. The Kier molecular flexibility index (Phi) is 2.79. The third-order valence-electron chi connectivity index (χ3n) is 2.18. The molecule has 0 saturated carbocycles. The number of rotatable bonds is 3. The molecule has 0 aliphatic carbocycles. The molecule has 0 fully saturated rings. The molecule has 0 aliphatic rings. The van der Waals surface area contributed by atoms with Crippen LogP contribution in [0.4, 0.5) is 5.69 Å². The van der Waals surface area contributed by atoms with Crippen molar-refractivity contribution in [2.24, 2.45) is 0 Å². The second-order valence-corrected chi connectivity index (χ2v) is 3.15. The van der Waals surface area contributed by atoms with Gasteiger partial charge in [0.15, 0.2) is 0 Å². The Morgan fingerprint density at radius 3 is 2.00 bits per heavy atom. The SMILES string of the molecule is O=C[N]c1ccc(-c2ccccc2)cc1. The van der Waals surface area contributed by atoms with Crippen molar-refractivity contribution in [2.75, 3.05) is 0 Å². The molecule has 0 bridgehead atoms. The van der Waals surface area contributed by atoms with Crippen LogP contribution in [0, 0.1) is 0 Å². The van der Waals surface area contributed by atoms with E-state index in [1.807, 2.05) is 54.6 Å². The van der Waals surface area contributed by atoms with Crippen molar-refractivity contribution in [3.05, 3.63) is 54.6 Å². The van der Waals surface area contributed by atoms with E-state index in [2.05, 4.69) is 5.32 Å². The molecule has 2 rings (SSSR count). The van der Waals surface area contributed by atoms with Gasteiger partial charge in [-0.3, -0.25) is 4.79 Å². The molecule has 0 spiro atoms. The number of carbonyl (C=O) groups excluding carboxylic acids is 1. The largest absolute Gasteiger partial charge is 0.276 e. The van der Waals surface area contributed by atoms with Gasteiger partial charge in [0.05, 0.1) is 5.69 Å². The van der Waals surface area contributed by atoms with Crippen LogP contribution in [0.2, 0.25) is 0 Å². The molecule has 0 aromatic heterocycles. The van der Waals surface area contributed by atoms with Crippen LogP contribution in [0.25, 0.3) is 11.1 Å². The van der Waals surface area contributed by atoms with Crippen molar-refractivity contribution in [3.63, 3.8) is 0 Å². The van der Waals surface area contributed by atoms with Gasteiger partial charge < -0.3 is 0 Å². The van der Waals surface area contributed by atoms with Crippen LogP contribution in [0.3, 0.4) is 0 Å². The molecule has 73 valence electrons. The number of benzene rings is 2. The van der Waals surface area contributed by atoms with E-state index in [-0.39, 0.29) is 0 Å². The van der Waals surface area contributed by atoms with E-state index in [4.69, 9.17) is 0 Å². The monoisotopic (exact) mass is 196 g/mol. The van der Waals surface area contributed by atoms with Crippen LogP contribution in [0.15, 0.2) is 54.6 Å². The molecular weight excluding hydrogens is 186 g/mol. The number of amides is 1. The quantitative estimate of drug-likeness (QED) is 0.694. The van der Waals surface area contributed by atoms with Gasteiger partial charge in [0, 0.05) is 0 Å². The molecule has 2 nitrogen and oxygen atoms in total. The standard InChI is InChI=1S/C13H10NO/c15-10-14-13-8-6-12(7-9-13)11-4-2-1-3-5-11/h1-10H. The normalized spacial score (nSPS) is 9.60. The molecule has 0 N–H and O–H groups in total. The van der Waals surface area contributed by atoms with Crippen molar-refractivity contribution in [3.8, 4) is 11.1 Å². The summed E-state index contributed by atoms with van der Waals surface area (Å²) in [5.41, 5.74) is 2.97. The first-order chi connectivity index (χ1) is 7.40. The van der Waals surface area contributed by atoms with Gasteiger partial charge in [-0.1, -0.05) is 42.5 Å². The minimum absolute atomic E-state index is 0.553. The topological polar surface area (TPSA) is 31.2 Å². The van der Waals surface area contributed by atoms with Crippen LogP contribution >= 0.6 is 0 Å². The lowest BCUT2D eigenvalue weighted by atomic mass is 10.1. The van der Waals surface area contributed by atoms with Crippen LogP contribution in [0.1, 0.15) is 0 Å². The summed E-state index contributed by atoms with van der Waals surface area (Å²) in [6.07, 6.45) is 0.553. The lowest BCUT2D eigenvalue weighted by Gasteiger charge is -2.01. The predicted molar refractivity (Wildman–Crippen MR) is 59.7 cm³/mol. The Bertz CT molecular complexity index is 434. The lowest BCUT2D eigenvalue weighted by molar-refractivity contribution is -0.108. The van der Waals surface area contributed by atoms with E-state index in [1.54, 1.807) is 0 Å². The van der Waals surface area contributed by atoms with Crippen molar-refractivity contribution in [2.45, 2.75) is 0 Å². The van der Waals surface area contributed by atoms with E-state index in [1.165, 1.54) is 0 Å². The van der Waals surface area contributed by atoms with Crippen molar-refractivity contribution >= 4 is 12.1 Å². The zero-order chi connectivity index (χ0) is 10.5. The number of carbonyl (C=O) groups is 1. The van der Waals surface area contributed by atoms with Crippen LogP contribution in [0.5, 0.6) is 0 Å². The van der Waals surface area contributed by atoms with Crippen molar-refractivity contribution < 1.29 is 4.79 Å². The highest BCUT2D eigenvalue weighted by atomic mass is 16.1. The molecule has 0 heterocycles. The maximum atomic E-state index is 10.2. The summed E-state index contributed by atoms with van der Waals surface area (Å²) >= 11 is 0. The van der Waals surface area contributed by atoms with Gasteiger partial charge in [-0.2, -0.15) is 0 Å². The summed E-state index contributed by atoms with van der Waals surface area (Å²) in [6.45, 7) is 0. The van der Waals surface area contributed by atoms with Gasteiger partial charge in [-0.05, 0) is 23.3 Å². The second kappa shape index (κ2) is 4.42. The molecule has 1 amide bonds. The summed E-state index contributed by atoms with van der Waals surface area (Å²) in [6, 6.07) is 17.7. The highest BCUT2D eigenvalue weighted by molar-refractivity contribution is 5.67. The fourth-order valence-electron chi connectivity index (χ4n) is 1.43. The molecule has 0 saturated heterocycles. The number of nitrogens with zero attached hydrogens (tertiary/aromatic N) is 1. The van der Waals surface area contributed by atoms with Gasteiger partial charge in [0.25, 0.3) is 0 Å². The lowest BCUT2D eigenvalue weighted by Crippen LogP contribution is -1.91. The van der Waals surface area contributed by atoms with E-state index >= 15 is 0 Å². The molecule has 0 aliphatic heterocycles. The summed E-state index contributed by atoms with van der Waals surface area (Å²) in [7, 11) is 0. The highest BCUT2D eigenvalue weighted by Crippen LogP contribution is 2.20. The van der Waals surface area contributed by atoms with Gasteiger partial charge in [-0.15, -0.1) is 0 Å². The first kappa shape index (κ1) is 9.46. The molecule has 2 heteroatoms. The maximum absolute atomic E-state index is 10.2. The van der Waals surface area contributed by atoms with Gasteiger partial charge in [0.1, 0.15) is 0 Å². The van der Waals surface area contributed by atoms with Crippen LogP contribution < -0.4 is 5.32 Å². The number of hydrogen-bond donors (Lipinski definition) is 0. The minimum Gasteiger partial charge on any atom is -0.276 e. The minimum atomic E-state index is 0.553. The summed E-state index contributed by atoms with van der Waals surface area (Å²) in [5.74, 6) is 0. The van der Waals surface area contributed by atoms with E-state index in [0.717, 1.165) is 11.1 Å². The fraction of sp³-hybridized carbons (Fsp3) is 0. The zero-order valence-corrected chi connectivity index (χ0v) is 8.13. The summed E-state index contributed by atoms with van der Waals surface area (Å²) in [5, 5.41) is 3.66. The zero-order valence-electron chi connectivity index (χ0n) is 8.13. The Balaban J connectivity index is 2.28. The summed E-state index contributed by atoms with van der Waals surface area (Å²) in [4.78, 5) is 10.2. The third-order valence-corrected chi connectivity index (χ3v) is 2.18. The highest BCUT2D eigenvalue weighted by Gasteiger charge is 1.96. The molecule has 15 heavy (non-hydrogen) atoms. The fourth-order valence-corrected chi connectivity index (χ4v) is 1.43. The molecular formula is C13H10NO. The van der Waals surface area contributed by atoms with Gasteiger partial charge in [0.2, 0.25) is 6.41 Å². The Morgan fingerprint density at radius 1 is 0.800 bits per heavy atom. The van der Waals surface area contributed by atoms with Crippen LogP contribution in [-0.2, 0) is 4.79 Å². The average molecular weight is 196 g/mol. The Morgan fingerprint density at radius 2 is 1.40 bits per heavy atom. The predicted octanol–water partition coefficient (Wildman–Crippen LogP) is 2.75. The van der Waals surface area contributed by atoms with E-state index in [0.29, 0.717) is 12.1 Å². The van der Waals surface area contributed by atoms with Gasteiger partial charge in [-0.25, -0.2) is 5.32 Å².